The molecule has 5 heteroatoms. The van der Waals surface area contributed by atoms with Crippen LogP contribution in [0.25, 0.3) is 6.08 Å². The minimum atomic E-state index is -0.465. The van der Waals surface area contributed by atoms with E-state index < -0.39 is 5.97 Å². The van der Waals surface area contributed by atoms with E-state index in [2.05, 4.69) is 0 Å². The predicted molar refractivity (Wildman–Crippen MR) is 139 cm³/mol. The summed E-state index contributed by atoms with van der Waals surface area (Å²) in [4.78, 5) is 24.8. The molecule has 0 saturated heterocycles. The largest absolute Gasteiger partial charge is 0.493 e. The maximum Gasteiger partial charge on any atom is 0.336 e. The Kier molecular flexibility index (Phi) is 8.65. The van der Waals surface area contributed by atoms with Crippen LogP contribution in [0.5, 0.6) is 17.2 Å². The zero-order chi connectivity index (χ0) is 25.0. The van der Waals surface area contributed by atoms with Crippen molar-refractivity contribution < 1.29 is 23.8 Å². The second kappa shape index (κ2) is 12.7. The Morgan fingerprint density at radius 2 is 1.08 bits per heavy atom. The Bertz CT molecular complexity index is 1280. The van der Waals surface area contributed by atoms with Crippen LogP contribution in [0.15, 0.2) is 115 Å². The van der Waals surface area contributed by atoms with E-state index in [1.54, 1.807) is 78.9 Å². The fourth-order valence-corrected chi connectivity index (χ4v) is 3.37. The fourth-order valence-electron chi connectivity index (χ4n) is 3.37. The molecule has 0 atom stereocenters. The van der Waals surface area contributed by atoms with Crippen molar-refractivity contribution in [3.05, 3.63) is 132 Å². The molecule has 0 aliphatic heterocycles. The van der Waals surface area contributed by atoms with Gasteiger partial charge in [-0.15, -0.1) is 0 Å². The molecule has 0 heterocycles. The van der Waals surface area contributed by atoms with Gasteiger partial charge in [0.15, 0.2) is 5.78 Å². The molecular weight excluding hydrogens is 452 g/mol. The number of carbonyl (C=O) groups is 2. The van der Waals surface area contributed by atoms with Crippen LogP contribution in [0.4, 0.5) is 0 Å². The molecule has 0 aliphatic rings. The van der Waals surface area contributed by atoms with Gasteiger partial charge in [0, 0.05) is 23.6 Å². The highest BCUT2D eigenvalue weighted by Crippen LogP contribution is 2.17. The van der Waals surface area contributed by atoms with E-state index in [1.807, 2.05) is 36.4 Å². The summed E-state index contributed by atoms with van der Waals surface area (Å²) in [5.41, 5.74) is 1.92. The average Bonchev–Trinajstić information content (AvgIpc) is 2.93. The zero-order valence-corrected chi connectivity index (χ0v) is 19.7. The molecule has 4 aromatic carbocycles. The molecule has 0 N–H and O–H groups in total. The van der Waals surface area contributed by atoms with Crippen molar-refractivity contribution in [1.82, 2.24) is 0 Å². The predicted octanol–water partition coefficient (Wildman–Crippen LogP) is 6.38. The highest BCUT2D eigenvalue weighted by molar-refractivity contribution is 6.09. The van der Waals surface area contributed by atoms with E-state index in [0.717, 1.165) is 17.7 Å². The first-order chi connectivity index (χ1) is 17.7. The maximum atomic E-state index is 12.8. The van der Waals surface area contributed by atoms with Gasteiger partial charge in [-0.25, -0.2) is 4.79 Å². The van der Waals surface area contributed by atoms with Crippen LogP contribution in [0, 0.1) is 0 Å². The van der Waals surface area contributed by atoms with E-state index in [9.17, 15) is 9.59 Å². The molecule has 0 aliphatic carbocycles. The number of para-hydroxylation sites is 2. The molecule has 0 aromatic heterocycles. The first kappa shape index (κ1) is 24.5. The van der Waals surface area contributed by atoms with E-state index in [-0.39, 0.29) is 5.78 Å². The number of ketones is 1. The van der Waals surface area contributed by atoms with E-state index in [0.29, 0.717) is 35.8 Å². The SMILES string of the molecule is O=C(/C=C/c1ccc(C(=O)c2ccc(OCCCOc3ccccc3)cc2)cc1)Oc1ccccc1. The van der Waals surface area contributed by atoms with E-state index in [1.165, 1.54) is 6.08 Å². The highest BCUT2D eigenvalue weighted by atomic mass is 16.5. The number of carbonyl (C=O) groups excluding carboxylic acids is 2. The summed E-state index contributed by atoms with van der Waals surface area (Å²) in [7, 11) is 0. The lowest BCUT2D eigenvalue weighted by Crippen LogP contribution is -2.05. The third-order valence-corrected chi connectivity index (χ3v) is 5.23. The summed E-state index contributed by atoms with van der Waals surface area (Å²) in [6.07, 6.45) is 3.76. The number of hydrogen-bond acceptors (Lipinski definition) is 5. The van der Waals surface area contributed by atoms with Crippen LogP contribution in [0.2, 0.25) is 0 Å². The first-order valence-electron chi connectivity index (χ1n) is 11.7. The summed E-state index contributed by atoms with van der Waals surface area (Å²) >= 11 is 0. The van der Waals surface area contributed by atoms with Gasteiger partial charge in [0.25, 0.3) is 0 Å². The zero-order valence-electron chi connectivity index (χ0n) is 19.7. The Balaban J connectivity index is 1.23. The topological polar surface area (TPSA) is 61.8 Å². The standard InChI is InChI=1S/C31H26O5/c32-30(36-29-10-5-2-6-11-29)21-14-24-12-15-25(16-13-24)31(33)26-17-19-28(20-18-26)35-23-7-22-34-27-8-3-1-4-9-27/h1-6,8-21H,7,22-23H2/b21-14+. The minimum Gasteiger partial charge on any atom is -0.493 e. The monoisotopic (exact) mass is 478 g/mol. The number of ether oxygens (including phenoxy) is 3. The molecule has 0 fully saturated rings. The van der Waals surface area contributed by atoms with Crippen molar-refractivity contribution in [2.75, 3.05) is 13.2 Å². The van der Waals surface area contributed by atoms with Gasteiger partial charge in [0.1, 0.15) is 17.2 Å². The smallest absolute Gasteiger partial charge is 0.336 e. The number of benzene rings is 4. The average molecular weight is 479 g/mol. The van der Waals surface area contributed by atoms with Gasteiger partial charge >= 0.3 is 5.97 Å². The van der Waals surface area contributed by atoms with Crippen LogP contribution in [0.3, 0.4) is 0 Å². The van der Waals surface area contributed by atoms with Crippen LogP contribution < -0.4 is 14.2 Å². The van der Waals surface area contributed by atoms with Crippen LogP contribution >= 0.6 is 0 Å². The van der Waals surface area contributed by atoms with Crippen LogP contribution in [0.1, 0.15) is 27.9 Å². The molecule has 36 heavy (non-hydrogen) atoms. The summed E-state index contributed by atoms with van der Waals surface area (Å²) in [6, 6.07) is 32.7. The normalized spacial score (nSPS) is 10.7. The molecule has 5 nitrogen and oxygen atoms in total. The molecule has 0 unspecified atom stereocenters. The van der Waals surface area contributed by atoms with Crippen molar-refractivity contribution in [3.8, 4) is 17.2 Å². The van der Waals surface area contributed by atoms with Crippen molar-refractivity contribution in [2.24, 2.45) is 0 Å². The second-order valence-corrected chi connectivity index (χ2v) is 7.91. The van der Waals surface area contributed by atoms with Gasteiger partial charge in [0.05, 0.1) is 13.2 Å². The Hall–Kier alpha value is -4.64. The Morgan fingerprint density at radius 1 is 0.583 bits per heavy atom. The molecule has 0 radical (unpaired) electrons. The van der Waals surface area contributed by atoms with Gasteiger partial charge in [-0.1, -0.05) is 60.7 Å². The molecule has 0 amide bonds. The Labute approximate surface area is 210 Å². The summed E-state index contributed by atoms with van der Waals surface area (Å²) in [5.74, 6) is 1.48. The van der Waals surface area contributed by atoms with Crippen molar-refractivity contribution in [2.45, 2.75) is 6.42 Å². The molecule has 0 spiro atoms. The lowest BCUT2D eigenvalue weighted by molar-refractivity contribution is -0.128. The number of rotatable bonds is 11. The van der Waals surface area contributed by atoms with Gasteiger partial charge in [-0.05, 0) is 60.2 Å². The van der Waals surface area contributed by atoms with Crippen LogP contribution in [-0.2, 0) is 4.79 Å². The molecule has 0 saturated carbocycles. The van der Waals surface area contributed by atoms with E-state index >= 15 is 0 Å². The lowest BCUT2D eigenvalue weighted by Gasteiger charge is -2.08. The molecule has 4 aromatic rings. The fraction of sp³-hybridized carbons (Fsp3) is 0.0968. The van der Waals surface area contributed by atoms with Gasteiger partial charge in [-0.3, -0.25) is 4.79 Å². The summed E-state index contributed by atoms with van der Waals surface area (Å²) < 4.78 is 16.6. The van der Waals surface area contributed by atoms with Crippen LogP contribution in [-0.4, -0.2) is 25.0 Å². The molecule has 4 rings (SSSR count). The lowest BCUT2D eigenvalue weighted by atomic mass is 10.0. The minimum absolute atomic E-state index is 0.0863. The van der Waals surface area contributed by atoms with Gasteiger partial charge in [0.2, 0.25) is 0 Å². The van der Waals surface area contributed by atoms with Gasteiger partial charge in [-0.2, -0.15) is 0 Å². The number of esters is 1. The first-order valence-corrected chi connectivity index (χ1v) is 11.7. The molecule has 0 bridgehead atoms. The van der Waals surface area contributed by atoms with Crippen molar-refractivity contribution >= 4 is 17.8 Å². The summed E-state index contributed by atoms with van der Waals surface area (Å²) in [5, 5.41) is 0. The van der Waals surface area contributed by atoms with Gasteiger partial charge < -0.3 is 14.2 Å². The Morgan fingerprint density at radius 3 is 1.67 bits per heavy atom. The second-order valence-electron chi connectivity index (χ2n) is 7.91. The third-order valence-electron chi connectivity index (χ3n) is 5.23. The molecule has 180 valence electrons. The maximum absolute atomic E-state index is 12.8. The van der Waals surface area contributed by atoms with E-state index in [4.69, 9.17) is 14.2 Å². The number of hydrogen-bond donors (Lipinski definition) is 0. The summed E-state index contributed by atoms with van der Waals surface area (Å²) in [6.45, 7) is 1.09. The highest BCUT2D eigenvalue weighted by Gasteiger charge is 2.09. The van der Waals surface area contributed by atoms with Crippen molar-refractivity contribution in [1.29, 1.82) is 0 Å². The third kappa shape index (κ3) is 7.43. The molecular formula is C31H26O5. The van der Waals surface area contributed by atoms with Crippen molar-refractivity contribution in [3.63, 3.8) is 0 Å². The quantitative estimate of drug-likeness (QED) is 0.0822.